The van der Waals surface area contributed by atoms with Gasteiger partial charge in [0.2, 0.25) is 5.91 Å². The van der Waals surface area contributed by atoms with E-state index < -0.39 is 11.6 Å². The predicted molar refractivity (Wildman–Crippen MR) is 74.1 cm³/mol. The topological polar surface area (TPSA) is 38.3 Å². The van der Waals surface area contributed by atoms with Gasteiger partial charge < -0.3 is 10.1 Å². The van der Waals surface area contributed by atoms with Gasteiger partial charge in [-0.1, -0.05) is 18.2 Å². The van der Waals surface area contributed by atoms with Gasteiger partial charge in [0.1, 0.15) is 24.0 Å². The number of ether oxygens (including phenoxy) is 1. The molecule has 0 saturated carbocycles. The molecule has 0 aliphatic carbocycles. The van der Waals surface area contributed by atoms with Crippen molar-refractivity contribution < 1.29 is 18.3 Å². The highest BCUT2D eigenvalue weighted by Gasteiger charge is 2.25. The molecule has 21 heavy (non-hydrogen) atoms. The highest BCUT2D eigenvalue weighted by Crippen LogP contribution is 2.27. The van der Waals surface area contributed by atoms with Crippen molar-refractivity contribution >= 4 is 11.6 Å². The van der Waals surface area contributed by atoms with Gasteiger partial charge in [-0.15, -0.1) is 0 Å². The Hall–Kier alpha value is -2.43. The van der Waals surface area contributed by atoms with Gasteiger partial charge in [-0.25, -0.2) is 8.78 Å². The summed E-state index contributed by atoms with van der Waals surface area (Å²) in [5, 5.41) is 2.53. The van der Waals surface area contributed by atoms with E-state index in [1.54, 1.807) is 0 Å². The van der Waals surface area contributed by atoms with Crippen LogP contribution in [-0.4, -0.2) is 12.5 Å². The highest BCUT2D eigenvalue weighted by atomic mass is 19.1. The van der Waals surface area contributed by atoms with E-state index in [0.29, 0.717) is 6.42 Å². The van der Waals surface area contributed by atoms with Crippen molar-refractivity contribution in [3.63, 3.8) is 0 Å². The van der Waals surface area contributed by atoms with Crippen molar-refractivity contribution in [3.8, 4) is 5.75 Å². The van der Waals surface area contributed by atoms with Crippen molar-refractivity contribution in [2.45, 2.75) is 6.42 Å². The summed E-state index contributed by atoms with van der Waals surface area (Å²) in [5.74, 6) is -1.37. The number of fused-ring (bicyclic) bond motifs is 1. The maximum absolute atomic E-state index is 13.1. The number of carbonyl (C=O) groups is 1. The Kier molecular flexibility index (Phi) is 3.56. The van der Waals surface area contributed by atoms with Crippen LogP contribution in [-0.2, 0) is 11.2 Å². The summed E-state index contributed by atoms with van der Waals surface area (Å²) in [6, 6.07) is 10.4. The van der Waals surface area contributed by atoms with Crippen LogP contribution in [0.3, 0.4) is 0 Å². The van der Waals surface area contributed by atoms with Crippen molar-refractivity contribution in [2.75, 3.05) is 11.9 Å². The molecule has 0 spiro atoms. The summed E-state index contributed by atoms with van der Waals surface area (Å²) in [5.41, 5.74) is 1.06. The fourth-order valence-corrected chi connectivity index (χ4v) is 2.37. The normalized spacial score (nSPS) is 16.8. The number of halogens is 2. The van der Waals surface area contributed by atoms with E-state index >= 15 is 0 Å². The van der Waals surface area contributed by atoms with E-state index in [-0.39, 0.29) is 24.1 Å². The molecule has 108 valence electrons. The quantitative estimate of drug-likeness (QED) is 0.922. The number of rotatable bonds is 2. The largest absolute Gasteiger partial charge is 0.492 e. The lowest BCUT2D eigenvalue weighted by Crippen LogP contribution is -2.32. The van der Waals surface area contributed by atoms with Gasteiger partial charge in [0.15, 0.2) is 0 Å². The fourth-order valence-electron chi connectivity index (χ4n) is 2.37. The van der Waals surface area contributed by atoms with Crippen molar-refractivity contribution in [2.24, 2.45) is 5.92 Å². The third kappa shape index (κ3) is 3.02. The number of para-hydroxylation sites is 1. The summed E-state index contributed by atoms with van der Waals surface area (Å²) >= 11 is 0. The molecule has 2 aromatic rings. The molecule has 0 radical (unpaired) electrons. The van der Waals surface area contributed by atoms with Crippen molar-refractivity contribution in [1.29, 1.82) is 0 Å². The van der Waals surface area contributed by atoms with Crippen LogP contribution in [0.4, 0.5) is 14.5 Å². The van der Waals surface area contributed by atoms with Gasteiger partial charge in [0, 0.05) is 11.8 Å². The van der Waals surface area contributed by atoms with Gasteiger partial charge in [0.05, 0.1) is 5.92 Å². The number of nitrogens with one attached hydrogen (secondary N) is 1. The SMILES string of the molecule is O=C(Nc1cc(F)cc(F)c1)C1COc2ccccc2C1. The molecule has 0 saturated heterocycles. The molecule has 3 rings (SSSR count). The maximum Gasteiger partial charge on any atom is 0.231 e. The Morgan fingerprint density at radius 3 is 2.62 bits per heavy atom. The lowest BCUT2D eigenvalue weighted by atomic mass is 9.96. The zero-order chi connectivity index (χ0) is 14.8. The monoisotopic (exact) mass is 289 g/mol. The summed E-state index contributed by atoms with van der Waals surface area (Å²) in [6.45, 7) is 0.251. The van der Waals surface area contributed by atoms with Crippen LogP contribution in [0.15, 0.2) is 42.5 Å². The smallest absolute Gasteiger partial charge is 0.231 e. The molecular weight excluding hydrogens is 276 g/mol. The van der Waals surface area contributed by atoms with Gasteiger partial charge in [0.25, 0.3) is 0 Å². The molecule has 1 atom stereocenters. The Morgan fingerprint density at radius 2 is 1.86 bits per heavy atom. The van der Waals surface area contributed by atoms with Crippen LogP contribution in [0, 0.1) is 17.6 Å². The molecule has 1 amide bonds. The van der Waals surface area contributed by atoms with Crippen LogP contribution in [0.2, 0.25) is 0 Å². The number of hydrogen-bond donors (Lipinski definition) is 1. The third-order valence-electron chi connectivity index (χ3n) is 3.38. The van der Waals surface area contributed by atoms with E-state index in [2.05, 4.69) is 5.32 Å². The molecule has 0 aromatic heterocycles. The molecule has 2 aromatic carbocycles. The first-order valence-corrected chi connectivity index (χ1v) is 6.59. The van der Waals surface area contributed by atoms with Crippen LogP contribution < -0.4 is 10.1 Å². The van der Waals surface area contributed by atoms with Crippen LogP contribution in [0.5, 0.6) is 5.75 Å². The molecule has 1 N–H and O–H groups in total. The first kappa shape index (κ1) is 13.5. The third-order valence-corrected chi connectivity index (χ3v) is 3.38. The molecule has 1 unspecified atom stereocenters. The average Bonchev–Trinajstić information content (AvgIpc) is 2.45. The van der Waals surface area contributed by atoms with E-state index in [1.165, 1.54) is 0 Å². The van der Waals surface area contributed by atoms with Gasteiger partial charge >= 0.3 is 0 Å². The van der Waals surface area contributed by atoms with Gasteiger partial charge in [-0.2, -0.15) is 0 Å². The standard InChI is InChI=1S/C16H13F2NO2/c17-12-6-13(18)8-14(7-12)19-16(20)11-5-10-3-1-2-4-15(10)21-9-11/h1-4,6-8,11H,5,9H2,(H,19,20). The second-order valence-electron chi connectivity index (χ2n) is 4.97. The summed E-state index contributed by atoms with van der Waals surface area (Å²) in [4.78, 5) is 12.2. The van der Waals surface area contributed by atoms with Crippen LogP contribution in [0.1, 0.15) is 5.56 Å². The van der Waals surface area contributed by atoms with E-state index in [9.17, 15) is 13.6 Å². The zero-order valence-corrected chi connectivity index (χ0v) is 11.1. The number of hydrogen-bond acceptors (Lipinski definition) is 2. The number of carbonyl (C=O) groups excluding carboxylic acids is 1. The zero-order valence-electron chi connectivity index (χ0n) is 11.1. The minimum Gasteiger partial charge on any atom is -0.492 e. The van der Waals surface area contributed by atoms with Crippen molar-refractivity contribution in [1.82, 2.24) is 0 Å². The molecule has 1 aliphatic heterocycles. The maximum atomic E-state index is 13.1. The Bertz CT molecular complexity index is 667. The Balaban J connectivity index is 1.72. The Morgan fingerprint density at radius 1 is 1.14 bits per heavy atom. The first-order chi connectivity index (χ1) is 10.1. The molecule has 1 heterocycles. The average molecular weight is 289 g/mol. The van der Waals surface area contributed by atoms with Crippen molar-refractivity contribution in [3.05, 3.63) is 59.7 Å². The summed E-state index contributed by atoms with van der Waals surface area (Å²) in [6.07, 6.45) is 0.541. The first-order valence-electron chi connectivity index (χ1n) is 6.59. The fraction of sp³-hybridized carbons (Fsp3) is 0.188. The summed E-state index contributed by atoms with van der Waals surface area (Å²) < 4.78 is 31.7. The minimum absolute atomic E-state index is 0.108. The molecular formula is C16H13F2NO2. The molecule has 3 nitrogen and oxygen atoms in total. The van der Waals surface area contributed by atoms with E-state index in [1.807, 2.05) is 24.3 Å². The predicted octanol–water partition coefficient (Wildman–Crippen LogP) is 3.15. The number of benzene rings is 2. The minimum atomic E-state index is -0.726. The highest BCUT2D eigenvalue weighted by molar-refractivity contribution is 5.93. The molecule has 5 heteroatoms. The second kappa shape index (κ2) is 5.52. The molecule has 0 bridgehead atoms. The lowest BCUT2D eigenvalue weighted by molar-refractivity contribution is -0.121. The second-order valence-corrected chi connectivity index (χ2v) is 4.97. The number of anilines is 1. The molecule has 0 fully saturated rings. The van der Waals surface area contributed by atoms with Crippen LogP contribution in [0.25, 0.3) is 0 Å². The van der Waals surface area contributed by atoms with Gasteiger partial charge in [-0.05, 0) is 30.2 Å². The number of amides is 1. The van der Waals surface area contributed by atoms with E-state index in [0.717, 1.165) is 29.5 Å². The molecule has 1 aliphatic rings. The van der Waals surface area contributed by atoms with E-state index in [4.69, 9.17) is 4.74 Å². The van der Waals surface area contributed by atoms with Crippen LogP contribution >= 0.6 is 0 Å². The Labute approximate surface area is 120 Å². The lowest BCUT2D eigenvalue weighted by Gasteiger charge is -2.24. The summed E-state index contributed by atoms with van der Waals surface area (Å²) in [7, 11) is 0. The van der Waals surface area contributed by atoms with Gasteiger partial charge in [-0.3, -0.25) is 4.79 Å².